The van der Waals surface area contributed by atoms with Crippen molar-refractivity contribution in [2.24, 2.45) is 0 Å². The highest BCUT2D eigenvalue weighted by Crippen LogP contribution is 2.17. The van der Waals surface area contributed by atoms with Gasteiger partial charge in [0.2, 0.25) is 0 Å². The number of carbonyl (C=O) groups is 3. The first kappa shape index (κ1) is 19.5. The first-order chi connectivity index (χ1) is 12.4. The number of hydrogen-bond donors (Lipinski definition) is 1. The molecule has 0 saturated heterocycles. The zero-order chi connectivity index (χ0) is 19.1. The van der Waals surface area contributed by atoms with Crippen molar-refractivity contribution in [1.82, 2.24) is 0 Å². The van der Waals surface area contributed by atoms with Crippen LogP contribution in [0.3, 0.4) is 0 Å². The SMILES string of the molecule is CC[S@](=O)c1ccccc1C(=O)OCC(=O)Nc1ccccc1C(C)=O. The lowest BCUT2D eigenvalue weighted by molar-refractivity contribution is -0.119. The van der Waals surface area contributed by atoms with E-state index in [1.165, 1.54) is 13.0 Å². The molecule has 6 nitrogen and oxygen atoms in total. The lowest BCUT2D eigenvalue weighted by atomic mass is 10.1. The molecule has 0 aliphatic rings. The summed E-state index contributed by atoms with van der Waals surface area (Å²) in [4.78, 5) is 36.2. The number of nitrogens with one attached hydrogen (secondary N) is 1. The van der Waals surface area contributed by atoms with Crippen LogP contribution in [0.4, 0.5) is 5.69 Å². The van der Waals surface area contributed by atoms with Crippen LogP contribution in [0.5, 0.6) is 0 Å². The van der Waals surface area contributed by atoms with Crippen molar-refractivity contribution < 1.29 is 23.3 Å². The Labute approximate surface area is 154 Å². The lowest BCUT2D eigenvalue weighted by Gasteiger charge is -2.10. The number of amides is 1. The normalized spacial score (nSPS) is 11.5. The Hall–Kier alpha value is -2.80. The molecule has 0 bridgehead atoms. The van der Waals surface area contributed by atoms with Crippen molar-refractivity contribution in [3.8, 4) is 0 Å². The Bertz CT molecular complexity index is 863. The quantitative estimate of drug-likeness (QED) is 0.595. The zero-order valence-corrected chi connectivity index (χ0v) is 15.3. The van der Waals surface area contributed by atoms with Crippen LogP contribution in [0.25, 0.3) is 0 Å². The minimum Gasteiger partial charge on any atom is -0.452 e. The molecule has 0 aliphatic carbocycles. The van der Waals surface area contributed by atoms with E-state index in [4.69, 9.17) is 4.74 Å². The molecule has 1 atom stereocenters. The number of anilines is 1. The topological polar surface area (TPSA) is 89.5 Å². The van der Waals surface area contributed by atoms with E-state index in [1.807, 2.05) is 0 Å². The maximum Gasteiger partial charge on any atom is 0.339 e. The number of esters is 1. The van der Waals surface area contributed by atoms with Crippen LogP contribution in [-0.2, 0) is 20.3 Å². The van der Waals surface area contributed by atoms with Crippen molar-refractivity contribution in [2.75, 3.05) is 17.7 Å². The first-order valence-corrected chi connectivity index (χ1v) is 9.30. The molecule has 136 valence electrons. The van der Waals surface area contributed by atoms with Gasteiger partial charge < -0.3 is 10.1 Å². The molecule has 0 saturated carbocycles. The van der Waals surface area contributed by atoms with Gasteiger partial charge in [-0.25, -0.2) is 4.79 Å². The molecule has 0 aliphatic heterocycles. The number of carbonyl (C=O) groups excluding carboxylic acids is 3. The largest absolute Gasteiger partial charge is 0.452 e. The van der Waals surface area contributed by atoms with Gasteiger partial charge in [-0.1, -0.05) is 31.2 Å². The van der Waals surface area contributed by atoms with Gasteiger partial charge in [-0.05, 0) is 31.2 Å². The van der Waals surface area contributed by atoms with E-state index >= 15 is 0 Å². The summed E-state index contributed by atoms with van der Waals surface area (Å²) in [6.45, 7) is 2.63. The molecule has 0 fully saturated rings. The van der Waals surface area contributed by atoms with Gasteiger partial charge in [0.25, 0.3) is 5.91 Å². The van der Waals surface area contributed by atoms with Crippen molar-refractivity contribution in [3.63, 3.8) is 0 Å². The summed E-state index contributed by atoms with van der Waals surface area (Å²) in [5, 5.41) is 2.55. The Morgan fingerprint density at radius 1 is 1.00 bits per heavy atom. The fraction of sp³-hybridized carbons (Fsp3) is 0.211. The molecule has 2 rings (SSSR count). The smallest absolute Gasteiger partial charge is 0.339 e. The summed E-state index contributed by atoms with van der Waals surface area (Å²) < 4.78 is 17.0. The summed E-state index contributed by atoms with van der Waals surface area (Å²) in [6.07, 6.45) is 0. The minimum atomic E-state index is -1.32. The molecule has 0 aromatic heterocycles. The van der Waals surface area contributed by atoms with E-state index in [2.05, 4.69) is 5.32 Å². The Morgan fingerprint density at radius 2 is 1.62 bits per heavy atom. The second kappa shape index (κ2) is 9.05. The van der Waals surface area contributed by atoms with Gasteiger partial charge in [0.05, 0.1) is 26.9 Å². The number of Topliss-reactive ketones (excluding diaryl/α,β-unsaturated/α-hetero) is 1. The summed E-state index contributed by atoms with van der Waals surface area (Å²) in [5.41, 5.74) is 0.897. The summed E-state index contributed by atoms with van der Waals surface area (Å²) >= 11 is 0. The zero-order valence-electron chi connectivity index (χ0n) is 14.5. The van der Waals surface area contributed by atoms with Gasteiger partial charge in [0.15, 0.2) is 12.4 Å². The van der Waals surface area contributed by atoms with Crippen molar-refractivity contribution in [1.29, 1.82) is 0 Å². The Balaban J connectivity index is 2.04. The molecular formula is C19H19NO5S. The average Bonchev–Trinajstić information content (AvgIpc) is 2.65. The van der Waals surface area contributed by atoms with Gasteiger partial charge in [-0.3, -0.25) is 13.8 Å². The third-order valence-electron chi connectivity index (χ3n) is 3.53. The van der Waals surface area contributed by atoms with E-state index in [9.17, 15) is 18.6 Å². The number of para-hydroxylation sites is 1. The lowest BCUT2D eigenvalue weighted by Crippen LogP contribution is -2.22. The van der Waals surface area contributed by atoms with Gasteiger partial charge in [0, 0.05) is 11.3 Å². The van der Waals surface area contributed by atoms with Gasteiger partial charge in [-0.15, -0.1) is 0 Å². The van der Waals surface area contributed by atoms with Gasteiger partial charge in [-0.2, -0.15) is 0 Å². The fourth-order valence-electron chi connectivity index (χ4n) is 2.28. The number of ether oxygens (including phenoxy) is 1. The standard InChI is InChI=1S/C19H19NO5S/c1-3-26(24)17-11-7-5-9-15(17)19(23)25-12-18(22)20-16-10-6-4-8-14(16)13(2)21/h4-11H,3,12H2,1-2H3,(H,20,22)/t26-/m0/s1. The monoisotopic (exact) mass is 373 g/mol. The van der Waals surface area contributed by atoms with Crippen LogP contribution in [0, 0.1) is 0 Å². The first-order valence-electron chi connectivity index (χ1n) is 7.98. The van der Waals surface area contributed by atoms with Crippen LogP contribution in [0.2, 0.25) is 0 Å². The molecule has 0 spiro atoms. The van der Waals surface area contributed by atoms with E-state index in [0.717, 1.165) is 0 Å². The molecule has 7 heteroatoms. The maximum absolute atomic E-state index is 12.2. The molecule has 0 unspecified atom stereocenters. The predicted octanol–water partition coefficient (Wildman–Crippen LogP) is 2.81. The van der Waals surface area contributed by atoms with E-state index in [-0.39, 0.29) is 11.3 Å². The molecule has 26 heavy (non-hydrogen) atoms. The molecule has 1 N–H and O–H groups in total. The average molecular weight is 373 g/mol. The Morgan fingerprint density at radius 3 is 2.27 bits per heavy atom. The van der Waals surface area contributed by atoms with E-state index < -0.39 is 29.3 Å². The third kappa shape index (κ3) is 4.86. The molecule has 2 aromatic rings. The number of hydrogen-bond acceptors (Lipinski definition) is 5. The minimum absolute atomic E-state index is 0.171. The fourth-order valence-corrected chi connectivity index (χ4v) is 3.22. The van der Waals surface area contributed by atoms with E-state index in [0.29, 0.717) is 21.9 Å². The Kier molecular flexibility index (Phi) is 6.80. The number of benzene rings is 2. The summed E-state index contributed by atoms with van der Waals surface area (Å²) in [7, 11) is -1.32. The van der Waals surface area contributed by atoms with Gasteiger partial charge in [0.1, 0.15) is 0 Å². The molecule has 1 amide bonds. The van der Waals surface area contributed by atoms with Crippen molar-refractivity contribution in [2.45, 2.75) is 18.7 Å². The summed E-state index contributed by atoms with van der Waals surface area (Å²) in [5.74, 6) is -1.11. The summed E-state index contributed by atoms with van der Waals surface area (Å²) in [6, 6.07) is 13.0. The molecule has 0 heterocycles. The molecule has 0 radical (unpaired) electrons. The van der Waals surface area contributed by atoms with E-state index in [1.54, 1.807) is 49.4 Å². The van der Waals surface area contributed by atoms with Crippen LogP contribution in [0.1, 0.15) is 34.6 Å². The van der Waals surface area contributed by atoms with Crippen molar-refractivity contribution >= 4 is 34.1 Å². The highest BCUT2D eigenvalue weighted by atomic mass is 32.2. The molecular weight excluding hydrogens is 354 g/mol. The molecule has 2 aromatic carbocycles. The maximum atomic E-state index is 12.2. The number of rotatable bonds is 7. The van der Waals surface area contributed by atoms with Crippen LogP contribution in [0.15, 0.2) is 53.4 Å². The third-order valence-corrected chi connectivity index (χ3v) is 4.90. The van der Waals surface area contributed by atoms with Crippen molar-refractivity contribution in [3.05, 3.63) is 59.7 Å². The van der Waals surface area contributed by atoms with Crippen LogP contribution in [-0.4, -0.2) is 34.2 Å². The highest BCUT2D eigenvalue weighted by Gasteiger charge is 2.17. The van der Waals surface area contributed by atoms with Gasteiger partial charge >= 0.3 is 5.97 Å². The second-order valence-electron chi connectivity index (χ2n) is 5.36. The van der Waals surface area contributed by atoms with Crippen LogP contribution < -0.4 is 5.32 Å². The second-order valence-corrected chi connectivity index (χ2v) is 7.06. The predicted molar refractivity (Wildman–Crippen MR) is 98.8 cm³/mol. The number of ketones is 1. The highest BCUT2D eigenvalue weighted by molar-refractivity contribution is 7.85. The van der Waals surface area contributed by atoms with Crippen LogP contribution >= 0.6 is 0 Å².